The summed E-state index contributed by atoms with van der Waals surface area (Å²) in [6.07, 6.45) is 3.14. The van der Waals surface area contributed by atoms with Gasteiger partial charge in [-0.1, -0.05) is 16.9 Å². The molecule has 4 heterocycles. The van der Waals surface area contributed by atoms with Crippen LogP contribution in [0.4, 0.5) is 0 Å². The van der Waals surface area contributed by atoms with Gasteiger partial charge >= 0.3 is 0 Å². The summed E-state index contributed by atoms with van der Waals surface area (Å²) in [5, 5.41) is 4.51. The standard InChI is InChI=1S/C15H17N5O3S/c1-9-17-12(23-18-9)10-3-2-4-19(8-10)13(21)11-7-16-15-20(14(11)22)5-6-24-15/h7,10H,2-6,8H2,1H3/t10-/m0/s1. The van der Waals surface area contributed by atoms with E-state index >= 15 is 0 Å². The molecule has 0 aromatic carbocycles. The molecular weight excluding hydrogens is 330 g/mol. The number of hydrogen-bond donors (Lipinski definition) is 0. The molecule has 0 aliphatic carbocycles. The van der Waals surface area contributed by atoms with Crippen LogP contribution < -0.4 is 5.56 Å². The third kappa shape index (κ3) is 2.62. The van der Waals surface area contributed by atoms with E-state index in [4.69, 9.17) is 4.52 Å². The van der Waals surface area contributed by atoms with Crippen molar-refractivity contribution in [1.82, 2.24) is 24.6 Å². The molecule has 0 unspecified atom stereocenters. The lowest BCUT2D eigenvalue weighted by atomic mass is 9.97. The predicted octanol–water partition coefficient (Wildman–Crippen LogP) is 1.06. The number of carbonyl (C=O) groups is 1. The summed E-state index contributed by atoms with van der Waals surface area (Å²) >= 11 is 1.54. The zero-order valence-electron chi connectivity index (χ0n) is 13.3. The Hall–Kier alpha value is -2.16. The fourth-order valence-electron chi connectivity index (χ4n) is 3.18. The van der Waals surface area contributed by atoms with Crippen LogP contribution in [0, 0.1) is 6.92 Å². The molecular formula is C15H17N5O3S. The molecule has 2 aromatic heterocycles. The Balaban J connectivity index is 1.57. The Labute approximate surface area is 142 Å². The van der Waals surface area contributed by atoms with Crippen LogP contribution in [0.1, 0.15) is 40.8 Å². The van der Waals surface area contributed by atoms with Gasteiger partial charge in [-0.2, -0.15) is 4.98 Å². The average Bonchev–Trinajstić information content (AvgIpc) is 3.24. The van der Waals surface area contributed by atoms with Crippen molar-refractivity contribution < 1.29 is 9.32 Å². The highest BCUT2D eigenvalue weighted by molar-refractivity contribution is 7.99. The first-order valence-electron chi connectivity index (χ1n) is 7.95. The molecule has 2 aromatic rings. The molecule has 4 rings (SSSR count). The van der Waals surface area contributed by atoms with Gasteiger partial charge in [0.1, 0.15) is 5.56 Å². The van der Waals surface area contributed by atoms with E-state index in [1.807, 2.05) is 0 Å². The van der Waals surface area contributed by atoms with Gasteiger partial charge in [-0.05, 0) is 19.8 Å². The molecule has 0 spiro atoms. The van der Waals surface area contributed by atoms with Gasteiger partial charge in [-0.25, -0.2) is 4.98 Å². The van der Waals surface area contributed by atoms with Crippen LogP contribution in [0.5, 0.6) is 0 Å². The largest absolute Gasteiger partial charge is 0.339 e. The molecule has 0 radical (unpaired) electrons. The Bertz CT molecular complexity index is 846. The maximum atomic E-state index is 12.8. The van der Waals surface area contributed by atoms with Crippen molar-refractivity contribution in [3.05, 3.63) is 33.8 Å². The Morgan fingerprint density at radius 1 is 1.42 bits per heavy atom. The number of likely N-dealkylation sites (tertiary alicyclic amines) is 1. The first-order chi connectivity index (χ1) is 11.6. The zero-order chi connectivity index (χ0) is 16.7. The molecule has 1 saturated heterocycles. The number of thioether (sulfide) groups is 1. The minimum Gasteiger partial charge on any atom is -0.339 e. The van der Waals surface area contributed by atoms with Gasteiger partial charge < -0.3 is 9.42 Å². The number of rotatable bonds is 2. The first-order valence-corrected chi connectivity index (χ1v) is 8.94. The molecule has 8 nitrogen and oxygen atoms in total. The number of aromatic nitrogens is 4. The van der Waals surface area contributed by atoms with Gasteiger partial charge in [0.25, 0.3) is 11.5 Å². The highest BCUT2D eigenvalue weighted by atomic mass is 32.2. The SMILES string of the molecule is Cc1noc([C@H]2CCCN(C(=O)c3cnc4n(c3=O)CCS4)C2)n1. The van der Waals surface area contributed by atoms with Crippen molar-refractivity contribution in [3.8, 4) is 0 Å². The van der Waals surface area contributed by atoms with Gasteiger partial charge in [0.15, 0.2) is 11.0 Å². The van der Waals surface area contributed by atoms with Crippen LogP contribution in [0.3, 0.4) is 0 Å². The van der Waals surface area contributed by atoms with Crippen LogP contribution in [-0.4, -0.2) is 49.3 Å². The second-order valence-electron chi connectivity index (χ2n) is 6.03. The lowest BCUT2D eigenvalue weighted by molar-refractivity contribution is 0.0692. The number of hydrogen-bond acceptors (Lipinski definition) is 7. The zero-order valence-corrected chi connectivity index (χ0v) is 14.1. The molecule has 0 N–H and O–H groups in total. The number of piperidine rings is 1. The Morgan fingerprint density at radius 2 is 2.29 bits per heavy atom. The summed E-state index contributed by atoms with van der Waals surface area (Å²) in [6, 6.07) is 0. The first kappa shape index (κ1) is 15.4. The molecule has 126 valence electrons. The number of fused-ring (bicyclic) bond motifs is 1. The van der Waals surface area contributed by atoms with Crippen molar-refractivity contribution in [2.75, 3.05) is 18.8 Å². The van der Waals surface area contributed by atoms with E-state index in [0.717, 1.165) is 18.6 Å². The lowest BCUT2D eigenvalue weighted by Crippen LogP contribution is -2.42. The molecule has 0 saturated carbocycles. The van der Waals surface area contributed by atoms with E-state index in [1.54, 1.807) is 16.4 Å². The third-order valence-electron chi connectivity index (χ3n) is 4.39. The van der Waals surface area contributed by atoms with Crippen LogP contribution in [0.25, 0.3) is 0 Å². The van der Waals surface area contributed by atoms with Gasteiger partial charge in [0.05, 0.1) is 5.92 Å². The summed E-state index contributed by atoms with van der Waals surface area (Å²) < 4.78 is 6.83. The predicted molar refractivity (Wildman–Crippen MR) is 86.1 cm³/mol. The second kappa shape index (κ2) is 6.04. The van der Waals surface area contributed by atoms with Gasteiger partial charge in [-0.15, -0.1) is 0 Å². The van der Waals surface area contributed by atoms with E-state index in [0.29, 0.717) is 36.5 Å². The van der Waals surface area contributed by atoms with Crippen molar-refractivity contribution in [3.63, 3.8) is 0 Å². The average molecular weight is 347 g/mol. The summed E-state index contributed by atoms with van der Waals surface area (Å²) in [7, 11) is 0. The van der Waals surface area contributed by atoms with E-state index < -0.39 is 0 Å². The van der Waals surface area contributed by atoms with E-state index in [2.05, 4.69) is 15.1 Å². The van der Waals surface area contributed by atoms with Crippen LogP contribution >= 0.6 is 11.8 Å². The molecule has 2 aliphatic heterocycles. The maximum Gasteiger partial charge on any atom is 0.267 e. The van der Waals surface area contributed by atoms with Crippen LogP contribution in [-0.2, 0) is 6.54 Å². The highest BCUT2D eigenvalue weighted by Gasteiger charge is 2.31. The number of aryl methyl sites for hydroxylation is 1. The molecule has 0 bridgehead atoms. The summed E-state index contributed by atoms with van der Waals surface area (Å²) in [4.78, 5) is 35.5. The third-order valence-corrected chi connectivity index (χ3v) is 5.36. The molecule has 24 heavy (non-hydrogen) atoms. The molecule has 1 amide bonds. The summed E-state index contributed by atoms with van der Waals surface area (Å²) in [5.74, 6) is 1.73. The number of amides is 1. The fourth-order valence-corrected chi connectivity index (χ4v) is 4.09. The molecule has 2 aliphatic rings. The highest BCUT2D eigenvalue weighted by Crippen LogP contribution is 2.26. The summed E-state index contributed by atoms with van der Waals surface area (Å²) in [6.45, 7) is 3.49. The fraction of sp³-hybridized carbons (Fsp3) is 0.533. The number of nitrogens with zero attached hydrogens (tertiary/aromatic N) is 5. The quantitative estimate of drug-likeness (QED) is 0.750. The Kier molecular flexibility index (Phi) is 3.87. The van der Waals surface area contributed by atoms with E-state index in [1.165, 1.54) is 18.0 Å². The van der Waals surface area contributed by atoms with Crippen molar-refractivity contribution in [1.29, 1.82) is 0 Å². The van der Waals surface area contributed by atoms with Crippen LogP contribution in [0.15, 0.2) is 20.7 Å². The molecule has 1 fully saturated rings. The van der Waals surface area contributed by atoms with E-state index in [9.17, 15) is 9.59 Å². The molecule has 9 heteroatoms. The van der Waals surface area contributed by atoms with Gasteiger partial charge in [0.2, 0.25) is 5.89 Å². The lowest BCUT2D eigenvalue weighted by Gasteiger charge is -2.30. The van der Waals surface area contributed by atoms with Crippen molar-refractivity contribution >= 4 is 17.7 Å². The second-order valence-corrected chi connectivity index (χ2v) is 7.09. The normalized spacial score (nSPS) is 20.2. The van der Waals surface area contributed by atoms with Crippen molar-refractivity contribution in [2.45, 2.75) is 37.4 Å². The molecule has 1 atom stereocenters. The summed E-state index contributed by atoms with van der Waals surface area (Å²) in [5.41, 5.74) is -0.102. The smallest absolute Gasteiger partial charge is 0.267 e. The van der Waals surface area contributed by atoms with Crippen LogP contribution in [0.2, 0.25) is 0 Å². The minimum absolute atomic E-state index is 0.0181. The van der Waals surface area contributed by atoms with E-state index in [-0.39, 0.29) is 22.9 Å². The monoisotopic (exact) mass is 347 g/mol. The Morgan fingerprint density at radius 3 is 3.08 bits per heavy atom. The maximum absolute atomic E-state index is 12.8. The minimum atomic E-state index is -0.263. The number of carbonyl (C=O) groups excluding carboxylic acids is 1. The van der Waals surface area contributed by atoms with Gasteiger partial charge in [-0.3, -0.25) is 14.2 Å². The van der Waals surface area contributed by atoms with Crippen molar-refractivity contribution in [2.24, 2.45) is 0 Å². The van der Waals surface area contributed by atoms with Gasteiger partial charge in [0, 0.05) is 31.6 Å². The topological polar surface area (TPSA) is 94.1 Å².